The first-order chi connectivity index (χ1) is 24.1. The smallest absolute Gasteiger partial charge is 0.413 e. The number of amides is 2. The number of carbonyl (C=O) groups is 2. The standard InChI is InChI=1S/C38H44N8O4/c1-8-46(9-2)21-20-45(7)36(47)28-13-15-31(16-14-28)41-37-39-19-18-34(42-37)43-38(48)49-23-30-12-11-29(35-40-27(6)50-44-35)22-33(30)32-17-10-24(3)25(4)26(32)5/h10-19,22H,8-9,20-21,23H2,1-7H3,(H2,39,41,42,43,48). The molecule has 5 rings (SSSR count). The van der Waals surface area contributed by atoms with Crippen molar-refractivity contribution in [1.82, 2.24) is 29.9 Å². The highest BCUT2D eigenvalue weighted by Gasteiger charge is 2.17. The van der Waals surface area contributed by atoms with Gasteiger partial charge in [0.25, 0.3) is 5.91 Å². The number of rotatable bonds is 13. The average Bonchev–Trinajstić information content (AvgIpc) is 3.56. The van der Waals surface area contributed by atoms with Crippen LogP contribution < -0.4 is 10.6 Å². The fourth-order valence-corrected chi connectivity index (χ4v) is 5.51. The maximum atomic E-state index is 12.9. The van der Waals surface area contributed by atoms with Gasteiger partial charge in [0.15, 0.2) is 0 Å². The summed E-state index contributed by atoms with van der Waals surface area (Å²) in [6.07, 6.45) is 0.871. The molecule has 5 aromatic rings. The van der Waals surface area contributed by atoms with Crippen molar-refractivity contribution < 1.29 is 18.8 Å². The summed E-state index contributed by atoms with van der Waals surface area (Å²) in [5.74, 6) is 1.46. The third-order valence-corrected chi connectivity index (χ3v) is 8.87. The quantitative estimate of drug-likeness (QED) is 0.130. The summed E-state index contributed by atoms with van der Waals surface area (Å²) in [4.78, 5) is 42.9. The molecule has 2 aromatic heterocycles. The lowest BCUT2D eigenvalue weighted by atomic mass is 9.90. The Morgan fingerprint density at radius 3 is 2.32 bits per heavy atom. The number of nitrogens with zero attached hydrogens (tertiary/aromatic N) is 6. The molecule has 0 bridgehead atoms. The van der Waals surface area contributed by atoms with Crippen LogP contribution in [0.2, 0.25) is 0 Å². The number of aryl methyl sites for hydroxylation is 2. The van der Waals surface area contributed by atoms with Crippen LogP contribution in [0.3, 0.4) is 0 Å². The van der Waals surface area contributed by atoms with Crippen molar-refractivity contribution in [2.75, 3.05) is 43.9 Å². The van der Waals surface area contributed by atoms with E-state index in [1.807, 2.05) is 25.2 Å². The number of nitrogens with one attached hydrogen (secondary N) is 2. The minimum absolute atomic E-state index is 0.0188. The summed E-state index contributed by atoms with van der Waals surface area (Å²) in [5.41, 5.74) is 8.36. The Bertz CT molecular complexity index is 1950. The third-order valence-electron chi connectivity index (χ3n) is 8.87. The Morgan fingerprint density at radius 1 is 0.860 bits per heavy atom. The summed E-state index contributed by atoms with van der Waals surface area (Å²) in [6, 6.07) is 18.7. The van der Waals surface area contributed by atoms with Crippen LogP contribution in [-0.4, -0.2) is 75.1 Å². The monoisotopic (exact) mass is 676 g/mol. The van der Waals surface area contributed by atoms with Crippen LogP contribution in [0.5, 0.6) is 0 Å². The fourth-order valence-electron chi connectivity index (χ4n) is 5.51. The van der Waals surface area contributed by atoms with Gasteiger partial charge in [-0.25, -0.2) is 9.78 Å². The lowest BCUT2D eigenvalue weighted by molar-refractivity contribution is 0.0779. The van der Waals surface area contributed by atoms with Crippen LogP contribution in [0.4, 0.5) is 22.2 Å². The summed E-state index contributed by atoms with van der Waals surface area (Å²) in [6.45, 7) is 15.6. The van der Waals surface area contributed by atoms with Crippen molar-refractivity contribution in [3.8, 4) is 22.5 Å². The van der Waals surface area contributed by atoms with Gasteiger partial charge >= 0.3 is 6.09 Å². The molecule has 2 N–H and O–H groups in total. The van der Waals surface area contributed by atoms with Gasteiger partial charge in [0.1, 0.15) is 12.4 Å². The molecule has 260 valence electrons. The number of benzene rings is 3. The maximum absolute atomic E-state index is 12.9. The molecule has 0 fully saturated rings. The van der Waals surface area contributed by atoms with E-state index in [9.17, 15) is 9.59 Å². The normalized spacial score (nSPS) is 11.0. The topological polar surface area (TPSA) is 139 Å². The van der Waals surface area contributed by atoms with Crippen molar-refractivity contribution in [1.29, 1.82) is 0 Å². The highest BCUT2D eigenvalue weighted by molar-refractivity contribution is 5.94. The third kappa shape index (κ3) is 8.69. The molecule has 3 aromatic carbocycles. The van der Waals surface area contributed by atoms with Crippen LogP contribution in [0, 0.1) is 27.7 Å². The molecular formula is C38H44N8O4. The summed E-state index contributed by atoms with van der Waals surface area (Å²) >= 11 is 0. The van der Waals surface area contributed by atoms with Gasteiger partial charge in [-0.05, 0) is 104 Å². The van der Waals surface area contributed by atoms with E-state index >= 15 is 0 Å². The van der Waals surface area contributed by atoms with E-state index in [0.717, 1.165) is 47.5 Å². The molecule has 50 heavy (non-hydrogen) atoms. The van der Waals surface area contributed by atoms with Crippen molar-refractivity contribution in [2.24, 2.45) is 0 Å². The van der Waals surface area contributed by atoms with Crippen molar-refractivity contribution >= 4 is 29.5 Å². The first-order valence-corrected chi connectivity index (χ1v) is 16.7. The Morgan fingerprint density at radius 2 is 1.62 bits per heavy atom. The second-order valence-corrected chi connectivity index (χ2v) is 12.1. The second kappa shape index (κ2) is 16.2. The van der Waals surface area contributed by atoms with Gasteiger partial charge in [0, 0.05) is 50.1 Å². The van der Waals surface area contributed by atoms with E-state index in [2.05, 4.69) is 82.4 Å². The Balaban J connectivity index is 1.23. The van der Waals surface area contributed by atoms with E-state index in [-0.39, 0.29) is 24.3 Å². The van der Waals surface area contributed by atoms with Gasteiger partial charge in [-0.3, -0.25) is 10.1 Å². The van der Waals surface area contributed by atoms with E-state index < -0.39 is 6.09 Å². The van der Waals surface area contributed by atoms with Crippen LogP contribution in [0.15, 0.2) is 71.4 Å². The van der Waals surface area contributed by atoms with Crippen LogP contribution in [0.1, 0.15) is 52.3 Å². The molecule has 2 amide bonds. The van der Waals surface area contributed by atoms with Gasteiger partial charge < -0.3 is 24.4 Å². The number of hydrogen-bond donors (Lipinski definition) is 2. The van der Waals surface area contributed by atoms with E-state index in [4.69, 9.17) is 9.26 Å². The molecule has 0 saturated carbocycles. The lowest BCUT2D eigenvalue weighted by Gasteiger charge is -2.23. The Labute approximate surface area is 292 Å². The van der Waals surface area contributed by atoms with Gasteiger partial charge in [0.2, 0.25) is 17.7 Å². The van der Waals surface area contributed by atoms with E-state index in [1.54, 1.807) is 42.2 Å². The summed E-state index contributed by atoms with van der Waals surface area (Å²) in [7, 11) is 1.81. The molecule has 0 atom stereocenters. The SMILES string of the molecule is CCN(CC)CCN(C)C(=O)c1ccc(Nc2nccc(NC(=O)OCc3ccc(-c4noc(C)n4)cc3-c3ccc(C)c(C)c3C)n2)cc1. The predicted octanol–water partition coefficient (Wildman–Crippen LogP) is 7.33. The summed E-state index contributed by atoms with van der Waals surface area (Å²) < 4.78 is 10.9. The molecule has 0 unspecified atom stereocenters. The van der Waals surface area contributed by atoms with Crippen molar-refractivity contribution in [3.63, 3.8) is 0 Å². The number of carbonyl (C=O) groups excluding carboxylic acids is 2. The van der Waals surface area contributed by atoms with Crippen LogP contribution in [0.25, 0.3) is 22.5 Å². The van der Waals surface area contributed by atoms with E-state index in [1.165, 1.54) is 17.3 Å². The minimum Gasteiger partial charge on any atom is -0.444 e. The van der Waals surface area contributed by atoms with Crippen LogP contribution >= 0.6 is 0 Å². The van der Waals surface area contributed by atoms with Gasteiger partial charge in [-0.2, -0.15) is 9.97 Å². The molecule has 0 aliphatic rings. The van der Waals surface area contributed by atoms with Gasteiger partial charge in [0.05, 0.1) is 0 Å². The molecule has 0 spiro atoms. The predicted molar refractivity (Wildman–Crippen MR) is 194 cm³/mol. The Hall–Kier alpha value is -5.62. The molecule has 0 saturated heterocycles. The second-order valence-electron chi connectivity index (χ2n) is 12.1. The molecule has 0 aliphatic carbocycles. The molecule has 0 radical (unpaired) electrons. The minimum atomic E-state index is -0.664. The number of anilines is 3. The van der Waals surface area contributed by atoms with Crippen molar-refractivity contribution in [3.05, 3.63) is 101 Å². The zero-order chi connectivity index (χ0) is 35.8. The number of ether oxygens (including phenoxy) is 1. The average molecular weight is 677 g/mol. The van der Waals surface area contributed by atoms with Crippen molar-refractivity contribution in [2.45, 2.75) is 48.1 Å². The molecular weight excluding hydrogens is 632 g/mol. The first kappa shape index (κ1) is 35.7. The molecule has 12 nitrogen and oxygen atoms in total. The molecule has 12 heteroatoms. The largest absolute Gasteiger partial charge is 0.444 e. The van der Waals surface area contributed by atoms with Gasteiger partial charge in [-0.15, -0.1) is 0 Å². The zero-order valence-electron chi connectivity index (χ0n) is 29.7. The zero-order valence-corrected chi connectivity index (χ0v) is 29.7. The number of likely N-dealkylation sites (N-methyl/N-ethyl adjacent to an activating group) is 2. The van der Waals surface area contributed by atoms with Crippen LogP contribution in [-0.2, 0) is 11.3 Å². The highest BCUT2D eigenvalue weighted by atomic mass is 16.5. The fraction of sp³-hybridized carbons (Fsp3) is 0.316. The van der Waals surface area contributed by atoms with Gasteiger partial charge in [-0.1, -0.05) is 43.3 Å². The Kier molecular flexibility index (Phi) is 11.6. The van der Waals surface area contributed by atoms with E-state index in [0.29, 0.717) is 29.5 Å². The first-order valence-electron chi connectivity index (χ1n) is 16.7. The maximum Gasteiger partial charge on any atom is 0.413 e. The highest BCUT2D eigenvalue weighted by Crippen LogP contribution is 2.33. The molecule has 2 heterocycles. The lowest BCUT2D eigenvalue weighted by Crippen LogP contribution is -2.36. The number of aromatic nitrogens is 4. The number of hydrogen-bond acceptors (Lipinski definition) is 10. The molecule has 0 aliphatic heterocycles. The summed E-state index contributed by atoms with van der Waals surface area (Å²) in [5, 5.41) is 9.89.